The third kappa shape index (κ3) is 5.47. The molecule has 1 heterocycles. The third-order valence-electron chi connectivity index (χ3n) is 4.27. The zero-order valence-corrected chi connectivity index (χ0v) is 15.6. The summed E-state index contributed by atoms with van der Waals surface area (Å²) in [6, 6.07) is 5.63. The quantitative estimate of drug-likeness (QED) is 0.412. The van der Waals surface area contributed by atoms with Gasteiger partial charge in [0.05, 0.1) is 16.6 Å². The fraction of sp³-hybridized carbons (Fsp3) is 0.500. The fourth-order valence-corrected chi connectivity index (χ4v) is 3.86. The molecule has 0 aliphatic carbocycles. The van der Waals surface area contributed by atoms with Crippen molar-refractivity contribution in [2.24, 2.45) is 5.92 Å². The Hall–Kier alpha value is -2.53. The van der Waals surface area contributed by atoms with E-state index in [9.17, 15) is 28.1 Å². The number of rotatable bonds is 7. The highest BCUT2D eigenvalue weighted by atomic mass is 32.2. The normalized spacial score (nSPS) is 15.9. The number of nitro groups is 1. The minimum atomic E-state index is -3.28. The fourth-order valence-electron chi connectivity index (χ4n) is 2.73. The molecule has 0 unspecified atom stereocenters. The molecule has 1 aliphatic rings. The molecule has 27 heavy (non-hydrogen) atoms. The Kier molecular flexibility index (Phi) is 6.86. The van der Waals surface area contributed by atoms with Crippen LogP contribution >= 0.6 is 0 Å². The number of esters is 1. The second-order valence-corrected chi connectivity index (χ2v) is 8.26. The smallest absolute Gasteiger partial charge is 0.309 e. The van der Waals surface area contributed by atoms with E-state index < -0.39 is 39.3 Å². The van der Waals surface area contributed by atoms with Crippen LogP contribution in [0.4, 0.5) is 11.4 Å². The highest BCUT2D eigenvalue weighted by Gasteiger charge is 2.31. The monoisotopic (exact) mass is 399 g/mol. The van der Waals surface area contributed by atoms with Crippen molar-refractivity contribution in [2.75, 3.05) is 30.8 Å². The van der Waals surface area contributed by atoms with Gasteiger partial charge in [0.2, 0.25) is 10.0 Å². The van der Waals surface area contributed by atoms with Crippen molar-refractivity contribution in [3.63, 3.8) is 0 Å². The van der Waals surface area contributed by atoms with Crippen molar-refractivity contribution in [3.8, 4) is 0 Å². The summed E-state index contributed by atoms with van der Waals surface area (Å²) >= 11 is 0. The van der Waals surface area contributed by atoms with Crippen molar-refractivity contribution in [3.05, 3.63) is 34.4 Å². The molecule has 0 saturated carbocycles. The molecule has 1 fully saturated rings. The topological polar surface area (TPSA) is 136 Å². The van der Waals surface area contributed by atoms with E-state index in [1.165, 1.54) is 28.6 Å². The lowest BCUT2D eigenvalue weighted by Crippen LogP contribution is -2.41. The molecule has 1 aliphatic heterocycles. The number of nitrogens with one attached hydrogen (secondary N) is 1. The maximum atomic E-state index is 12.1. The summed E-state index contributed by atoms with van der Waals surface area (Å²) in [7, 11) is -3.28. The molecular weight excluding hydrogens is 378 g/mol. The summed E-state index contributed by atoms with van der Waals surface area (Å²) in [6.07, 6.45) is 0.647. The van der Waals surface area contributed by atoms with Crippen molar-refractivity contribution in [1.82, 2.24) is 4.31 Å². The van der Waals surface area contributed by atoms with E-state index in [-0.39, 0.29) is 30.2 Å². The summed E-state index contributed by atoms with van der Waals surface area (Å²) in [5.41, 5.74) is -0.247. The molecule has 0 spiro atoms. The Morgan fingerprint density at radius 1 is 1.30 bits per heavy atom. The van der Waals surface area contributed by atoms with Crippen molar-refractivity contribution in [2.45, 2.75) is 19.8 Å². The van der Waals surface area contributed by atoms with Gasteiger partial charge in [-0.15, -0.1) is 0 Å². The van der Waals surface area contributed by atoms with Crippen molar-refractivity contribution in [1.29, 1.82) is 0 Å². The maximum absolute atomic E-state index is 12.1. The first-order valence-corrected chi connectivity index (χ1v) is 10.0. The van der Waals surface area contributed by atoms with Gasteiger partial charge in [0.1, 0.15) is 5.69 Å². The van der Waals surface area contributed by atoms with Crippen LogP contribution in [0.3, 0.4) is 0 Å². The number of sulfonamides is 1. The summed E-state index contributed by atoms with van der Waals surface area (Å²) in [4.78, 5) is 34.3. The number of benzene rings is 1. The molecule has 10 nitrogen and oxygen atoms in total. The number of carbonyl (C=O) groups is 2. The van der Waals surface area contributed by atoms with Gasteiger partial charge in [-0.2, -0.15) is 0 Å². The number of hydrogen-bond donors (Lipinski definition) is 1. The SMILES string of the molecule is CCS(=O)(=O)N1CCC(C(=O)OCC(=O)Nc2ccccc2[N+](=O)[O-])CC1. The van der Waals surface area contributed by atoms with Gasteiger partial charge in [0.25, 0.3) is 11.6 Å². The van der Waals surface area contributed by atoms with Crippen molar-refractivity contribution >= 4 is 33.3 Å². The minimum absolute atomic E-state index is 0.00784. The summed E-state index contributed by atoms with van der Waals surface area (Å²) in [6.45, 7) is 1.46. The Morgan fingerprint density at radius 3 is 2.52 bits per heavy atom. The van der Waals surface area contributed by atoms with E-state index in [4.69, 9.17) is 4.74 Å². The molecule has 0 bridgehead atoms. The summed E-state index contributed by atoms with van der Waals surface area (Å²) < 4.78 is 29.9. The van der Waals surface area contributed by atoms with E-state index in [0.29, 0.717) is 12.8 Å². The molecule has 1 amide bonds. The van der Waals surface area contributed by atoms with Crippen LogP contribution in [0, 0.1) is 16.0 Å². The molecule has 1 N–H and O–H groups in total. The van der Waals surface area contributed by atoms with Crippen LogP contribution in [-0.4, -0.2) is 55.0 Å². The molecule has 1 saturated heterocycles. The molecule has 0 aromatic heterocycles. The average Bonchev–Trinajstić information content (AvgIpc) is 2.66. The standard InChI is InChI=1S/C16H21N3O7S/c1-2-27(24,25)18-9-7-12(8-10-18)16(21)26-11-15(20)17-13-5-3-4-6-14(13)19(22)23/h3-6,12H,2,7-11H2,1H3,(H,17,20). The number of nitrogens with zero attached hydrogens (tertiary/aromatic N) is 2. The highest BCUT2D eigenvalue weighted by Crippen LogP contribution is 2.23. The van der Waals surface area contributed by atoms with Gasteiger partial charge >= 0.3 is 5.97 Å². The maximum Gasteiger partial charge on any atom is 0.309 e. The van der Waals surface area contributed by atoms with Crippen LogP contribution in [0.5, 0.6) is 0 Å². The molecule has 1 aromatic rings. The zero-order chi connectivity index (χ0) is 20.0. The number of hydrogen-bond acceptors (Lipinski definition) is 7. The summed E-state index contributed by atoms with van der Waals surface area (Å²) in [5, 5.41) is 13.3. The number of anilines is 1. The van der Waals surface area contributed by atoms with Gasteiger partial charge in [-0.1, -0.05) is 12.1 Å². The second-order valence-electron chi connectivity index (χ2n) is 6.00. The van der Waals surface area contributed by atoms with Crippen LogP contribution in [0.1, 0.15) is 19.8 Å². The van der Waals surface area contributed by atoms with E-state index in [1.807, 2.05) is 0 Å². The highest BCUT2D eigenvalue weighted by molar-refractivity contribution is 7.89. The van der Waals surface area contributed by atoms with Crippen LogP contribution in [0.15, 0.2) is 24.3 Å². The van der Waals surface area contributed by atoms with Crippen LogP contribution in [0.25, 0.3) is 0 Å². The van der Waals surface area contributed by atoms with Gasteiger partial charge in [0, 0.05) is 19.2 Å². The molecule has 2 rings (SSSR count). The number of carbonyl (C=O) groups excluding carboxylic acids is 2. The summed E-state index contributed by atoms with van der Waals surface area (Å²) in [5.74, 6) is -1.74. The van der Waals surface area contributed by atoms with Gasteiger partial charge in [-0.05, 0) is 25.8 Å². The first-order valence-electron chi connectivity index (χ1n) is 8.42. The lowest BCUT2D eigenvalue weighted by Gasteiger charge is -2.29. The Balaban J connectivity index is 1.83. The molecular formula is C16H21N3O7S. The Labute approximate surface area is 156 Å². The van der Waals surface area contributed by atoms with E-state index >= 15 is 0 Å². The minimum Gasteiger partial charge on any atom is -0.455 e. The van der Waals surface area contributed by atoms with Gasteiger partial charge in [-0.25, -0.2) is 12.7 Å². The number of para-hydroxylation sites is 2. The molecule has 1 aromatic carbocycles. The van der Waals surface area contributed by atoms with Crippen molar-refractivity contribution < 1.29 is 27.7 Å². The predicted octanol–water partition coefficient (Wildman–Crippen LogP) is 1.14. The first-order chi connectivity index (χ1) is 12.7. The van der Waals surface area contributed by atoms with E-state index in [1.54, 1.807) is 6.92 Å². The zero-order valence-electron chi connectivity index (χ0n) is 14.8. The number of nitro benzene ring substituents is 1. The van der Waals surface area contributed by atoms with E-state index in [2.05, 4.69) is 5.32 Å². The average molecular weight is 399 g/mol. The molecule has 11 heteroatoms. The largest absolute Gasteiger partial charge is 0.455 e. The van der Waals surface area contributed by atoms with Gasteiger partial charge in [0.15, 0.2) is 6.61 Å². The first kappa shape index (κ1) is 20.8. The molecule has 0 atom stereocenters. The number of ether oxygens (including phenoxy) is 1. The number of amides is 1. The second kappa shape index (κ2) is 8.91. The Bertz CT molecular complexity index is 817. The predicted molar refractivity (Wildman–Crippen MR) is 96.4 cm³/mol. The van der Waals surface area contributed by atoms with Crippen LogP contribution < -0.4 is 5.32 Å². The van der Waals surface area contributed by atoms with Crippen LogP contribution in [-0.2, 0) is 24.3 Å². The lowest BCUT2D eigenvalue weighted by atomic mass is 9.98. The number of piperidine rings is 1. The van der Waals surface area contributed by atoms with Crippen LogP contribution in [0.2, 0.25) is 0 Å². The third-order valence-corrected chi connectivity index (χ3v) is 6.15. The van der Waals surface area contributed by atoms with Gasteiger partial charge in [-0.3, -0.25) is 19.7 Å². The molecule has 0 radical (unpaired) electrons. The van der Waals surface area contributed by atoms with Gasteiger partial charge < -0.3 is 10.1 Å². The molecule has 148 valence electrons. The Morgan fingerprint density at radius 2 is 1.93 bits per heavy atom. The van der Waals surface area contributed by atoms with E-state index in [0.717, 1.165) is 0 Å². The lowest BCUT2D eigenvalue weighted by molar-refractivity contribution is -0.383.